The summed E-state index contributed by atoms with van der Waals surface area (Å²) in [6, 6.07) is 11.5. The Morgan fingerprint density at radius 2 is 1.86 bits per heavy atom. The number of rotatable bonds is 5. The number of carbonyl (C=O) groups excluding carboxylic acids is 1. The standard InChI is InChI=1S/C22H25N5O2/c1-17-5-4-7-19-21(17)24-16-27(22(19)29)10-8-20(28)26-13-11-25(12-14-26)15-18-6-2-3-9-23-18/h2-7,9,16H,8,10-15H2,1H3. The summed E-state index contributed by atoms with van der Waals surface area (Å²) >= 11 is 0. The molecule has 0 bridgehead atoms. The molecule has 2 aromatic heterocycles. The second-order valence-corrected chi connectivity index (χ2v) is 7.44. The van der Waals surface area contributed by atoms with E-state index in [9.17, 15) is 9.59 Å². The van der Waals surface area contributed by atoms with E-state index in [0.29, 0.717) is 31.4 Å². The summed E-state index contributed by atoms with van der Waals surface area (Å²) in [5.74, 6) is 0.0822. The van der Waals surface area contributed by atoms with Gasteiger partial charge in [-0.05, 0) is 30.7 Å². The van der Waals surface area contributed by atoms with Crippen LogP contribution in [0.2, 0.25) is 0 Å². The second kappa shape index (κ2) is 8.53. The summed E-state index contributed by atoms with van der Waals surface area (Å²) in [6.45, 7) is 6.17. The van der Waals surface area contributed by atoms with Crippen molar-refractivity contribution >= 4 is 16.8 Å². The van der Waals surface area contributed by atoms with E-state index < -0.39 is 0 Å². The van der Waals surface area contributed by atoms with E-state index in [1.54, 1.807) is 18.6 Å². The quantitative estimate of drug-likeness (QED) is 0.664. The van der Waals surface area contributed by atoms with E-state index in [1.807, 2.05) is 42.2 Å². The number of pyridine rings is 1. The highest BCUT2D eigenvalue weighted by Gasteiger charge is 2.21. The topological polar surface area (TPSA) is 71.3 Å². The predicted molar refractivity (Wildman–Crippen MR) is 111 cm³/mol. The number of aryl methyl sites for hydroxylation is 2. The molecule has 1 aliphatic rings. The van der Waals surface area contributed by atoms with Crippen LogP contribution in [0.3, 0.4) is 0 Å². The van der Waals surface area contributed by atoms with Crippen molar-refractivity contribution < 1.29 is 4.79 Å². The predicted octanol–water partition coefficient (Wildman–Crippen LogP) is 1.83. The molecule has 1 saturated heterocycles. The first kappa shape index (κ1) is 19.3. The highest BCUT2D eigenvalue weighted by Crippen LogP contribution is 2.12. The minimum atomic E-state index is -0.0910. The van der Waals surface area contributed by atoms with E-state index >= 15 is 0 Å². The Bertz CT molecular complexity index is 1060. The van der Waals surface area contributed by atoms with Gasteiger partial charge in [0.15, 0.2) is 0 Å². The third-order valence-corrected chi connectivity index (χ3v) is 5.46. The van der Waals surface area contributed by atoms with Gasteiger partial charge in [-0.2, -0.15) is 0 Å². The lowest BCUT2D eigenvalue weighted by Gasteiger charge is -2.34. The highest BCUT2D eigenvalue weighted by atomic mass is 16.2. The molecule has 0 atom stereocenters. The van der Waals surface area contributed by atoms with Gasteiger partial charge in [0.2, 0.25) is 5.91 Å². The molecule has 3 aromatic rings. The van der Waals surface area contributed by atoms with Gasteiger partial charge in [0.25, 0.3) is 5.56 Å². The summed E-state index contributed by atoms with van der Waals surface area (Å²) in [7, 11) is 0. The van der Waals surface area contributed by atoms with Crippen LogP contribution in [0.4, 0.5) is 0 Å². The molecule has 4 rings (SSSR count). The van der Waals surface area contributed by atoms with Crippen LogP contribution in [0, 0.1) is 6.92 Å². The number of piperazine rings is 1. The van der Waals surface area contributed by atoms with Crippen molar-refractivity contribution in [1.82, 2.24) is 24.3 Å². The molecule has 1 aliphatic heterocycles. The van der Waals surface area contributed by atoms with Gasteiger partial charge in [0.05, 0.1) is 22.9 Å². The van der Waals surface area contributed by atoms with Crippen LogP contribution in [-0.4, -0.2) is 56.4 Å². The minimum Gasteiger partial charge on any atom is -0.340 e. The SMILES string of the molecule is Cc1cccc2c(=O)n(CCC(=O)N3CCN(Cc4ccccn4)CC3)cnc12. The molecule has 0 saturated carbocycles. The van der Waals surface area contributed by atoms with Crippen LogP contribution in [0.25, 0.3) is 10.9 Å². The summed E-state index contributed by atoms with van der Waals surface area (Å²) in [4.78, 5) is 38.3. The largest absolute Gasteiger partial charge is 0.340 e. The van der Waals surface area contributed by atoms with Gasteiger partial charge >= 0.3 is 0 Å². The van der Waals surface area contributed by atoms with Crippen LogP contribution in [0.15, 0.2) is 53.7 Å². The molecule has 1 aromatic carbocycles. The van der Waals surface area contributed by atoms with E-state index in [-0.39, 0.29) is 11.5 Å². The number of nitrogens with zero attached hydrogens (tertiary/aromatic N) is 5. The molecule has 3 heterocycles. The van der Waals surface area contributed by atoms with Gasteiger partial charge < -0.3 is 4.90 Å². The summed E-state index contributed by atoms with van der Waals surface area (Å²) < 4.78 is 1.54. The number of amides is 1. The van der Waals surface area contributed by atoms with Gasteiger partial charge in [-0.25, -0.2) is 4.98 Å². The van der Waals surface area contributed by atoms with Gasteiger partial charge in [-0.3, -0.25) is 24.0 Å². The number of hydrogen-bond acceptors (Lipinski definition) is 5. The highest BCUT2D eigenvalue weighted by molar-refractivity contribution is 5.80. The van der Waals surface area contributed by atoms with E-state index in [1.165, 1.54) is 4.57 Å². The smallest absolute Gasteiger partial charge is 0.261 e. The van der Waals surface area contributed by atoms with Gasteiger partial charge in [-0.15, -0.1) is 0 Å². The fourth-order valence-electron chi connectivity index (χ4n) is 3.75. The molecule has 0 radical (unpaired) electrons. The third-order valence-electron chi connectivity index (χ3n) is 5.46. The van der Waals surface area contributed by atoms with Crippen LogP contribution in [-0.2, 0) is 17.9 Å². The number of carbonyl (C=O) groups is 1. The van der Waals surface area contributed by atoms with Crippen LogP contribution < -0.4 is 5.56 Å². The Kier molecular flexibility index (Phi) is 5.67. The van der Waals surface area contributed by atoms with Crippen LogP contribution in [0.5, 0.6) is 0 Å². The lowest BCUT2D eigenvalue weighted by atomic mass is 10.1. The normalized spacial score (nSPS) is 15.0. The molecule has 0 aliphatic carbocycles. The van der Waals surface area contributed by atoms with E-state index in [2.05, 4.69) is 14.9 Å². The van der Waals surface area contributed by atoms with Crippen LogP contribution in [0.1, 0.15) is 17.7 Å². The molecule has 0 spiro atoms. The summed E-state index contributed by atoms with van der Waals surface area (Å²) in [5, 5.41) is 0.600. The molecule has 0 N–H and O–H groups in total. The lowest BCUT2D eigenvalue weighted by Crippen LogP contribution is -2.48. The molecule has 0 unspecified atom stereocenters. The fraction of sp³-hybridized carbons (Fsp3) is 0.364. The maximum absolute atomic E-state index is 12.7. The average molecular weight is 391 g/mol. The van der Waals surface area contributed by atoms with Crippen molar-refractivity contribution in [3.05, 3.63) is 70.5 Å². The maximum atomic E-state index is 12.7. The minimum absolute atomic E-state index is 0.0822. The number of para-hydroxylation sites is 1. The number of aromatic nitrogens is 3. The second-order valence-electron chi connectivity index (χ2n) is 7.44. The van der Waals surface area contributed by atoms with Crippen molar-refractivity contribution in [2.24, 2.45) is 0 Å². The van der Waals surface area contributed by atoms with Gasteiger partial charge in [-0.1, -0.05) is 18.2 Å². The number of benzene rings is 1. The number of hydrogen-bond donors (Lipinski definition) is 0. The summed E-state index contributed by atoms with van der Waals surface area (Å²) in [6.07, 6.45) is 3.66. The van der Waals surface area contributed by atoms with Crippen molar-refractivity contribution in [1.29, 1.82) is 0 Å². The maximum Gasteiger partial charge on any atom is 0.261 e. The Morgan fingerprint density at radius 1 is 1.03 bits per heavy atom. The van der Waals surface area contributed by atoms with Crippen molar-refractivity contribution in [2.75, 3.05) is 26.2 Å². The molecule has 1 amide bonds. The molecule has 29 heavy (non-hydrogen) atoms. The van der Waals surface area contributed by atoms with E-state index in [0.717, 1.165) is 36.4 Å². The summed E-state index contributed by atoms with van der Waals surface area (Å²) in [5.41, 5.74) is 2.66. The molecule has 7 heteroatoms. The fourth-order valence-corrected chi connectivity index (χ4v) is 3.75. The zero-order chi connectivity index (χ0) is 20.2. The van der Waals surface area contributed by atoms with Crippen molar-refractivity contribution in [3.63, 3.8) is 0 Å². The first-order chi connectivity index (χ1) is 14.1. The van der Waals surface area contributed by atoms with Gasteiger partial charge in [0, 0.05) is 51.9 Å². The third kappa shape index (κ3) is 4.35. The lowest BCUT2D eigenvalue weighted by molar-refractivity contribution is -0.133. The molecule has 150 valence electrons. The zero-order valence-electron chi connectivity index (χ0n) is 16.6. The van der Waals surface area contributed by atoms with Crippen LogP contribution >= 0.6 is 0 Å². The van der Waals surface area contributed by atoms with E-state index in [4.69, 9.17) is 0 Å². The molecular formula is C22H25N5O2. The Balaban J connectivity index is 1.32. The molecular weight excluding hydrogens is 366 g/mol. The first-order valence-electron chi connectivity index (χ1n) is 9.96. The molecule has 1 fully saturated rings. The van der Waals surface area contributed by atoms with Crippen molar-refractivity contribution in [3.8, 4) is 0 Å². The monoisotopic (exact) mass is 391 g/mol. The Labute approximate surface area is 169 Å². The molecule has 7 nitrogen and oxygen atoms in total. The average Bonchev–Trinajstić information content (AvgIpc) is 2.75. The number of fused-ring (bicyclic) bond motifs is 1. The first-order valence-corrected chi connectivity index (χ1v) is 9.96. The zero-order valence-corrected chi connectivity index (χ0v) is 16.6. The van der Waals surface area contributed by atoms with Crippen molar-refractivity contribution in [2.45, 2.75) is 26.4 Å². The Morgan fingerprint density at radius 3 is 2.62 bits per heavy atom. The Hall–Kier alpha value is -3.06. The van der Waals surface area contributed by atoms with Gasteiger partial charge in [0.1, 0.15) is 0 Å².